The Hall–Kier alpha value is -2.21. The Balaban J connectivity index is 1.35. The number of ether oxygens (including phenoxy) is 4. The van der Waals surface area contributed by atoms with Crippen LogP contribution in [-0.4, -0.2) is 37.5 Å². The molecule has 2 aromatic carbocycles. The molecule has 5 nitrogen and oxygen atoms in total. The summed E-state index contributed by atoms with van der Waals surface area (Å²) in [6.07, 6.45) is -0.464. The summed E-state index contributed by atoms with van der Waals surface area (Å²) >= 11 is 0. The van der Waals surface area contributed by atoms with Crippen molar-refractivity contribution in [3.8, 4) is 0 Å². The van der Waals surface area contributed by atoms with Crippen molar-refractivity contribution in [1.29, 1.82) is 0 Å². The molecular formula is C23H26O5. The zero-order valence-corrected chi connectivity index (χ0v) is 16.0. The number of carbonyl (C=O) groups is 1. The third-order valence-corrected chi connectivity index (χ3v) is 5.32. The van der Waals surface area contributed by atoms with Gasteiger partial charge in [-0.3, -0.25) is 4.79 Å². The smallest absolute Gasteiger partial charge is 0.312 e. The van der Waals surface area contributed by atoms with Crippen LogP contribution in [-0.2, 0) is 37.0 Å². The van der Waals surface area contributed by atoms with E-state index in [1.165, 1.54) is 0 Å². The van der Waals surface area contributed by atoms with E-state index in [0.717, 1.165) is 11.1 Å². The van der Waals surface area contributed by atoms with Crippen LogP contribution >= 0.6 is 0 Å². The van der Waals surface area contributed by atoms with E-state index in [4.69, 9.17) is 18.9 Å². The van der Waals surface area contributed by atoms with Crippen LogP contribution in [0.2, 0.25) is 0 Å². The molecule has 0 amide bonds. The first-order chi connectivity index (χ1) is 13.8. The number of hydrogen-bond donors (Lipinski definition) is 0. The molecular weight excluding hydrogens is 356 g/mol. The molecule has 2 aromatic rings. The van der Waals surface area contributed by atoms with E-state index >= 15 is 0 Å². The highest BCUT2D eigenvalue weighted by atomic mass is 16.6. The van der Waals surface area contributed by atoms with Crippen LogP contribution in [0.5, 0.6) is 0 Å². The third kappa shape index (κ3) is 4.27. The summed E-state index contributed by atoms with van der Waals surface area (Å²) in [5.74, 6) is -0.353. The molecule has 1 saturated heterocycles. The number of fused-ring (bicyclic) bond motifs is 1. The molecule has 0 spiro atoms. The van der Waals surface area contributed by atoms with E-state index in [9.17, 15) is 4.79 Å². The Morgan fingerprint density at radius 1 is 0.964 bits per heavy atom. The van der Waals surface area contributed by atoms with Gasteiger partial charge < -0.3 is 18.9 Å². The van der Waals surface area contributed by atoms with Crippen molar-refractivity contribution >= 4 is 5.97 Å². The lowest BCUT2D eigenvalue weighted by atomic mass is 10.1. The van der Waals surface area contributed by atoms with Gasteiger partial charge in [-0.05, 0) is 18.1 Å². The maximum Gasteiger partial charge on any atom is 0.312 e. The molecule has 0 bridgehead atoms. The maximum atomic E-state index is 12.2. The summed E-state index contributed by atoms with van der Waals surface area (Å²) < 4.78 is 23.4. The second-order valence-electron chi connectivity index (χ2n) is 7.26. The number of esters is 1. The number of rotatable bonds is 9. The lowest BCUT2D eigenvalue weighted by molar-refractivity contribution is -0.151. The van der Waals surface area contributed by atoms with Gasteiger partial charge in [0.15, 0.2) is 0 Å². The molecule has 5 heteroatoms. The van der Waals surface area contributed by atoms with Crippen molar-refractivity contribution in [1.82, 2.24) is 0 Å². The lowest BCUT2D eigenvalue weighted by Gasteiger charge is -2.24. The summed E-state index contributed by atoms with van der Waals surface area (Å²) in [6, 6.07) is 20.1. The van der Waals surface area contributed by atoms with Crippen molar-refractivity contribution in [2.75, 3.05) is 13.2 Å². The number of benzene rings is 2. The first-order valence-electron chi connectivity index (χ1n) is 9.87. The molecule has 0 radical (unpaired) electrons. The monoisotopic (exact) mass is 382 g/mol. The van der Waals surface area contributed by atoms with Gasteiger partial charge in [0, 0.05) is 5.92 Å². The highest BCUT2D eigenvalue weighted by Crippen LogP contribution is 2.53. The SMILES string of the molecule is CCOC(=O)C1[C@@H]2[C@@H](OCc3ccccc3)[C@@H](COCc3ccccc3)O[C@H]12. The highest BCUT2D eigenvalue weighted by molar-refractivity contribution is 5.77. The van der Waals surface area contributed by atoms with Crippen LogP contribution in [0.1, 0.15) is 18.1 Å². The third-order valence-electron chi connectivity index (χ3n) is 5.32. The van der Waals surface area contributed by atoms with E-state index in [2.05, 4.69) is 0 Å². The van der Waals surface area contributed by atoms with Gasteiger partial charge in [0.1, 0.15) is 6.10 Å². The molecule has 148 valence electrons. The summed E-state index contributed by atoms with van der Waals surface area (Å²) in [7, 11) is 0. The van der Waals surface area contributed by atoms with Crippen LogP contribution in [0.25, 0.3) is 0 Å². The van der Waals surface area contributed by atoms with E-state index < -0.39 is 0 Å². The highest BCUT2D eigenvalue weighted by Gasteiger charge is 2.68. The fourth-order valence-corrected chi connectivity index (χ4v) is 3.92. The Bertz CT molecular complexity index is 763. The number of carbonyl (C=O) groups excluding carboxylic acids is 1. The van der Waals surface area contributed by atoms with Crippen molar-refractivity contribution < 1.29 is 23.7 Å². The maximum absolute atomic E-state index is 12.2. The van der Waals surface area contributed by atoms with Crippen LogP contribution in [0.4, 0.5) is 0 Å². The fourth-order valence-electron chi connectivity index (χ4n) is 3.92. The number of hydrogen-bond acceptors (Lipinski definition) is 5. The normalized spacial score (nSPS) is 28.0. The van der Waals surface area contributed by atoms with Gasteiger partial charge in [-0.2, -0.15) is 0 Å². The average Bonchev–Trinajstić information content (AvgIpc) is 3.32. The molecule has 1 aliphatic carbocycles. The minimum absolute atomic E-state index is 0.0492. The zero-order valence-electron chi connectivity index (χ0n) is 16.0. The van der Waals surface area contributed by atoms with Crippen LogP contribution in [0.3, 0.4) is 0 Å². The Labute approximate surface area is 165 Å². The van der Waals surface area contributed by atoms with E-state index in [0.29, 0.717) is 26.4 Å². The molecule has 1 saturated carbocycles. The minimum Gasteiger partial charge on any atom is -0.466 e. The molecule has 2 aliphatic rings. The Morgan fingerprint density at radius 3 is 2.25 bits per heavy atom. The average molecular weight is 382 g/mol. The molecule has 1 aliphatic heterocycles. The van der Waals surface area contributed by atoms with Crippen LogP contribution in [0.15, 0.2) is 60.7 Å². The summed E-state index contributed by atoms with van der Waals surface area (Å²) in [4.78, 5) is 12.2. The molecule has 0 N–H and O–H groups in total. The van der Waals surface area contributed by atoms with E-state index in [1.54, 1.807) is 0 Å². The van der Waals surface area contributed by atoms with Crippen molar-refractivity contribution in [3.63, 3.8) is 0 Å². The van der Waals surface area contributed by atoms with Gasteiger partial charge in [0.05, 0.1) is 44.6 Å². The predicted octanol–water partition coefficient (Wildman–Crippen LogP) is 3.37. The van der Waals surface area contributed by atoms with E-state index in [1.807, 2.05) is 67.6 Å². The second-order valence-corrected chi connectivity index (χ2v) is 7.26. The van der Waals surface area contributed by atoms with Gasteiger partial charge in [-0.15, -0.1) is 0 Å². The van der Waals surface area contributed by atoms with Crippen LogP contribution < -0.4 is 0 Å². The molecule has 1 unspecified atom stereocenters. The predicted molar refractivity (Wildman–Crippen MR) is 103 cm³/mol. The molecule has 2 fully saturated rings. The lowest BCUT2D eigenvalue weighted by Crippen LogP contribution is -2.35. The van der Waals surface area contributed by atoms with Crippen LogP contribution in [0, 0.1) is 11.8 Å². The molecule has 0 aromatic heterocycles. The summed E-state index contributed by atoms with van der Waals surface area (Å²) in [5, 5.41) is 0. The molecule has 28 heavy (non-hydrogen) atoms. The first-order valence-corrected chi connectivity index (χ1v) is 9.87. The summed E-state index contributed by atoms with van der Waals surface area (Å²) in [5.41, 5.74) is 2.22. The Morgan fingerprint density at radius 2 is 1.61 bits per heavy atom. The topological polar surface area (TPSA) is 54.0 Å². The van der Waals surface area contributed by atoms with Gasteiger partial charge >= 0.3 is 5.97 Å². The molecule has 1 heterocycles. The van der Waals surface area contributed by atoms with Gasteiger partial charge in [0.2, 0.25) is 0 Å². The van der Waals surface area contributed by atoms with Crippen molar-refractivity contribution in [2.24, 2.45) is 11.8 Å². The second kappa shape index (κ2) is 8.86. The molecule has 5 atom stereocenters. The van der Waals surface area contributed by atoms with Gasteiger partial charge in [-0.1, -0.05) is 60.7 Å². The van der Waals surface area contributed by atoms with Gasteiger partial charge in [-0.25, -0.2) is 0 Å². The molecule has 4 rings (SSSR count). The standard InChI is InChI=1S/C23H26O5/c1-2-26-23(24)20-19-21(27-14-17-11-7-4-8-12-17)18(28-22(19)20)15-25-13-16-9-5-3-6-10-16/h3-12,18-22H,2,13-15H2,1H3/t18-,19-,20?,21+,22+/m1/s1. The minimum atomic E-state index is -0.217. The van der Waals surface area contributed by atoms with Gasteiger partial charge in [0.25, 0.3) is 0 Å². The quantitative estimate of drug-likeness (QED) is 0.623. The van der Waals surface area contributed by atoms with E-state index in [-0.39, 0.29) is 36.1 Å². The largest absolute Gasteiger partial charge is 0.466 e. The van der Waals surface area contributed by atoms with Crippen molar-refractivity contribution in [3.05, 3.63) is 71.8 Å². The first kappa shape index (κ1) is 19.1. The van der Waals surface area contributed by atoms with Crippen molar-refractivity contribution in [2.45, 2.75) is 38.4 Å². The zero-order chi connectivity index (χ0) is 19.3. The fraction of sp³-hybridized carbons (Fsp3) is 0.435. The Kier molecular flexibility index (Phi) is 6.05. The summed E-state index contributed by atoms with van der Waals surface area (Å²) in [6.45, 7) is 3.66.